The highest BCUT2D eigenvalue weighted by Gasteiger charge is 2.31. The van der Waals surface area contributed by atoms with Gasteiger partial charge in [-0.3, -0.25) is 9.59 Å². The van der Waals surface area contributed by atoms with Crippen LogP contribution in [0.5, 0.6) is 0 Å². The number of hydrogen-bond donors (Lipinski definition) is 1. The van der Waals surface area contributed by atoms with Gasteiger partial charge in [-0.25, -0.2) is 4.39 Å². The maximum absolute atomic E-state index is 14.1. The number of rotatable bonds is 12. The Morgan fingerprint density at radius 2 is 1.64 bits per heavy atom. The number of nitrogens with zero attached hydrogens (tertiary/aromatic N) is 1. The first-order chi connectivity index (χ1) is 17.4. The maximum atomic E-state index is 14.1. The Balaban J connectivity index is 1.89. The molecule has 0 heterocycles. The van der Waals surface area contributed by atoms with Gasteiger partial charge in [-0.2, -0.15) is 0 Å². The summed E-state index contributed by atoms with van der Waals surface area (Å²) >= 11 is 14.2. The Kier molecular flexibility index (Phi) is 11.1. The molecule has 190 valence electrons. The lowest BCUT2D eigenvalue weighted by Crippen LogP contribution is -2.51. The van der Waals surface area contributed by atoms with E-state index in [2.05, 4.69) is 5.32 Å². The molecule has 0 spiro atoms. The molecule has 3 aromatic rings. The molecule has 36 heavy (non-hydrogen) atoms. The van der Waals surface area contributed by atoms with Crippen LogP contribution in [0.4, 0.5) is 4.39 Å². The highest BCUT2D eigenvalue weighted by Crippen LogP contribution is 2.28. The van der Waals surface area contributed by atoms with Crippen LogP contribution in [0.3, 0.4) is 0 Å². The van der Waals surface area contributed by atoms with Crippen LogP contribution >= 0.6 is 35.0 Å². The van der Waals surface area contributed by atoms with E-state index in [0.717, 1.165) is 12.0 Å². The standard InChI is InChI=1S/C28H29Cl2FN2O2S/c1-2-15-32-28(35)26(16-20-9-4-3-5-10-20)33(17-22-23(29)12-8-13-24(22)30)27(34)19-36-18-21-11-6-7-14-25(21)31/h3-14,26H,2,15-19H2,1H3,(H,32,35). The summed E-state index contributed by atoms with van der Waals surface area (Å²) in [7, 11) is 0. The van der Waals surface area contributed by atoms with Gasteiger partial charge in [-0.05, 0) is 35.7 Å². The van der Waals surface area contributed by atoms with Gasteiger partial charge in [0.05, 0.1) is 5.75 Å². The number of amides is 2. The fourth-order valence-electron chi connectivity index (χ4n) is 3.72. The second-order valence-corrected chi connectivity index (χ2v) is 10.1. The Bertz CT molecular complexity index is 1140. The molecule has 0 aromatic heterocycles. The van der Waals surface area contributed by atoms with Crippen LogP contribution in [0.15, 0.2) is 72.8 Å². The predicted octanol–water partition coefficient (Wildman–Crippen LogP) is 6.53. The molecule has 0 saturated carbocycles. The average molecular weight is 548 g/mol. The Morgan fingerprint density at radius 3 is 2.31 bits per heavy atom. The largest absolute Gasteiger partial charge is 0.354 e. The van der Waals surface area contributed by atoms with Gasteiger partial charge >= 0.3 is 0 Å². The number of benzene rings is 3. The van der Waals surface area contributed by atoms with Gasteiger partial charge in [0.15, 0.2) is 0 Å². The molecular weight excluding hydrogens is 518 g/mol. The summed E-state index contributed by atoms with van der Waals surface area (Å²) in [4.78, 5) is 28.5. The van der Waals surface area contributed by atoms with Gasteiger partial charge < -0.3 is 10.2 Å². The summed E-state index contributed by atoms with van der Waals surface area (Å²) in [5.41, 5.74) is 2.03. The van der Waals surface area contributed by atoms with Gasteiger partial charge in [0.2, 0.25) is 11.8 Å². The molecule has 1 atom stereocenters. The van der Waals surface area contributed by atoms with Crippen LogP contribution in [0.1, 0.15) is 30.0 Å². The fourth-order valence-corrected chi connectivity index (χ4v) is 5.13. The zero-order chi connectivity index (χ0) is 25.9. The van der Waals surface area contributed by atoms with Crippen molar-refractivity contribution in [2.45, 2.75) is 38.1 Å². The van der Waals surface area contributed by atoms with Gasteiger partial charge in [0.25, 0.3) is 0 Å². The Morgan fingerprint density at radius 1 is 0.972 bits per heavy atom. The van der Waals surface area contributed by atoms with Gasteiger partial charge in [-0.1, -0.05) is 84.7 Å². The SMILES string of the molecule is CCCNC(=O)C(Cc1ccccc1)N(Cc1c(Cl)cccc1Cl)C(=O)CSCc1ccccc1F. The second-order valence-electron chi connectivity index (χ2n) is 8.30. The smallest absolute Gasteiger partial charge is 0.243 e. The van der Waals surface area contributed by atoms with Crippen molar-refractivity contribution >= 4 is 46.8 Å². The minimum absolute atomic E-state index is 0.0722. The summed E-state index contributed by atoms with van der Waals surface area (Å²) in [5.74, 6) is -0.387. The summed E-state index contributed by atoms with van der Waals surface area (Å²) in [6.45, 7) is 2.55. The quantitative estimate of drug-likeness (QED) is 0.281. The molecule has 0 fully saturated rings. The van der Waals surface area contributed by atoms with Crippen molar-refractivity contribution in [2.75, 3.05) is 12.3 Å². The van der Waals surface area contributed by atoms with Crippen molar-refractivity contribution in [3.63, 3.8) is 0 Å². The van der Waals surface area contributed by atoms with E-state index in [0.29, 0.717) is 39.9 Å². The zero-order valence-corrected chi connectivity index (χ0v) is 22.4. The molecule has 0 aliphatic heterocycles. The fraction of sp³-hybridized carbons (Fsp3) is 0.286. The third-order valence-corrected chi connectivity index (χ3v) is 7.33. The Hall–Kier alpha value is -2.54. The van der Waals surface area contributed by atoms with E-state index >= 15 is 0 Å². The molecule has 0 aliphatic carbocycles. The third kappa shape index (κ3) is 7.99. The number of nitrogens with one attached hydrogen (secondary N) is 1. The van der Waals surface area contributed by atoms with Crippen LogP contribution in [0.2, 0.25) is 10.0 Å². The molecule has 0 aliphatic rings. The number of halogens is 3. The van der Waals surface area contributed by atoms with E-state index in [1.54, 1.807) is 41.3 Å². The predicted molar refractivity (Wildman–Crippen MR) is 147 cm³/mol. The van der Waals surface area contributed by atoms with Gasteiger partial charge in [0, 0.05) is 40.9 Å². The number of carbonyl (C=O) groups is 2. The van der Waals surface area contributed by atoms with Crippen molar-refractivity contribution in [3.8, 4) is 0 Å². The van der Waals surface area contributed by atoms with Crippen LogP contribution in [0.25, 0.3) is 0 Å². The molecule has 2 amide bonds. The minimum Gasteiger partial charge on any atom is -0.354 e. The summed E-state index contributed by atoms with van der Waals surface area (Å²) in [6.07, 6.45) is 1.11. The molecule has 1 unspecified atom stereocenters. The molecular formula is C28H29Cl2FN2O2S. The summed E-state index contributed by atoms with van der Waals surface area (Å²) in [6, 6.07) is 20.4. The highest BCUT2D eigenvalue weighted by atomic mass is 35.5. The van der Waals surface area contributed by atoms with Crippen molar-refractivity contribution in [3.05, 3.63) is 105 Å². The zero-order valence-electron chi connectivity index (χ0n) is 20.1. The lowest BCUT2D eigenvalue weighted by atomic mass is 10.0. The first-order valence-electron chi connectivity index (χ1n) is 11.8. The monoisotopic (exact) mass is 546 g/mol. The lowest BCUT2D eigenvalue weighted by Gasteiger charge is -2.32. The van der Waals surface area contributed by atoms with Gasteiger partial charge in [-0.15, -0.1) is 11.8 Å². The molecule has 8 heteroatoms. The van der Waals surface area contributed by atoms with Crippen LogP contribution < -0.4 is 5.32 Å². The normalized spacial score (nSPS) is 11.7. The first-order valence-corrected chi connectivity index (χ1v) is 13.7. The van der Waals surface area contributed by atoms with E-state index in [-0.39, 0.29) is 29.9 Å². The summed E-state index contributed by atoms with van der Waals surface area (Å²) in [5, 5.41) is 3.78. The highest BCUT2D eigenvalue weighted by molar-refractivity contribution is 7.99. The molecule has 0 radical (unpaired) electrons. The van der Waals surface area contributed by atoms with E-state index in [1.807, 2.05) is 37.3 Å². The molecule has 0 bridgehead atoms. The topological polar surface area (TPSA) is 49.4 Å². The van der Waals surface area contributed by atoms with E-state index < -0.39 is 6.04 Å². The molecule has 3 aromatic carbocycles. The molecule has 3 rings (SSSR count). The number of thioether (sulfide) groups is 1. The average Bonchev–Trinajstić information content (AvgIpc) is 2.88. The maximum Gasteiger partial charge on any atom is 0.243 e. The Labute approximate surface area is 226 Å². The first kappa shape index (κ1) is 28.0. The minimum atomic E-state index is -0.771. The van der Waals surface area contributed by atoms with Crippen LogP contribution in [-0.2, 0) is 28.3 Å². The molecule has 1 N–H and O–H groups in total. The van der Waals surface area contributed by atoms with E-state index in [9.17, 15) is 14.0 Å². The third-order valence-electron chi connectivity index (χ3n) is 5.65. The lowest BCUT2D eigenvalue weighted by molar-refractivity contribution is -0.139. The van der Waals surface area contributed by atoms with Crippen molar-refractivity contribution < 1.29 is 14.0 Å². The van der Waals surface area contributed by atoms with Crippen LogP contribution in [0, 0.1) is 5.82 Å². The van der Waals surface area contributed by atoms with E-state index in [4.69, 9.17) is 23.2 Å². The van der Waals surface area contributed by atoms with Crippen LogP contribution in [-0.4, -0.2) is 35.1 Å². The van der Waals surface area contributed by atoms with Crippen molar-refractivity contribution in [2.24, 2.45) is 0 Å². The molecule has 4 nitrogen and oxygen atoms in total. The number of hydrogen-bond acceptors (Lipinski definition) is 3. The second kappa shape index (κ2) is 14.3. The number of carbonyl (C=O) groups excluding carboxylic acids is 2. The van der Waals surface area contributed by atoms with E-state index in [1.165, 1.54) is 17.8 Å². The van der Waals surface area contributed by atoms with Crippen molar-refractivity contribution in [1.29, 1.82) is 0 Å². The van der Waals surface area contributed by atoms with Crippen molar-refractivity contribution in [1.82, 2.24) is 10.2 Å². The van der Waals surface area contributed by atoms with Gasteiger partial charge in [0.1, 0.15) is 11.9 Å². The summed E-state index contributed by atoms with van der Waals surface area (Å²) < 4.78 is 14.1. The molecule has 0 saturated heterocycles.